The molecule has 0 fully saturated rings. The zero-order valence-electron chi connectivity index (χ0n) is 14.8. The second-order valence-electron chi connectivity index (χ2n) is 6.66. The van der Waals surface area contributed by atoms with E-state index in [1.807, 2.05) is 0 Å². The average molecular weight is 385 g/mol. The summed E-state index contributed by atoms with van der Waals surface area (Å²) in [6.07, 6.45) is 15.1. The van der Waals surface area contributed by atoms with Gasteiger partial charge in [-0.3, -0.25) is 0 Å². The quantitative estimate of drug-likeness (QED) is 0.231. The summed E-state index contributed by atoms with van der Waals surface area (Å²) in [5.74, 6) is 0.819. The normalized spacial score (nSPS) is 11.4. The molecule has 1 nitrogen and oxygen atoms in total. The number of hydrogen-bond acceptors (Lipinski definition) is 0. The van der Waals surface area contributed by atoms with Crippen LogP contribution in [-0.2, 0) is 0 Å². The van der Waals surface area contributed by atoms with Gasteiger partial charge in [-0.2, -0.15) is 0 Å². The molecule has 0 saturated carbocycles. The molecule has 3 heteroatoms. The maximum Gasteiger partial charge on any atom is 0.0796 e. The molecule has 0 aliphatic rings. The summed E-state index contributed by atoms with van der Waals surface area (Å²) >= 11 is 5.90. The van der Waals surface area contributed by atoms with Crippen molar-refractivity contribution in [1.29, 1.82) is 0 Å². The van der Waals surface area contributed by atoms with Gasteiger partial charge in [0.2, 0.25) is 0 Å². The molecule has 21 heavy (non-hydrogen) atoms. The van der Waals surface area contributed by atoms with Gasteiger partial charge in [0.25, 0.3) is 0 Å². The zero-order valence-corrected chi connectivity index (χ0v) is 17.2. The van der Waals surface area contributed by atoms with Crippen molar-refractivity contribution < 1.29 is 21.5 Å². The van der Waals surface area contributed by atoms with E-state index in [0.717, 1.165) is 5.88 Å². The Morgan fingerprint density at radius 2 is 1.00 bits per heavy atom. The van der Waals surface area contributed by atoms with Crippen molar-refractivity contribution >= 4 is 11.6 Å². The first-order valence-electron chi connectivity index (χ1n) is 9.08. The van der Waals surface area contributed by atoms with Gasteiger partial charge in [0.15, 0.2) is 0 Å². The van der Waals surface area contributed by atoms with Crippen LogP contribution in [0.3, 0.4) is 0 Å². The fourth-order valence-corrected chi connectivity index (χ4v) is 3.09. The van der Waals surface area contributed by atoms with Crippen LogP contribution < -0.4 is 17.0 Å². The molecule has 0 N–H and O–H groups in total. The van der Waals surface area contributed by atoms with Crippen molar-refractivity contribution in [3.63, 3.8) is 0 Å². The van der Waals surface area contributed by atoms with E-state index in [4.69, 9.17) is 11.6 Å². The standard InChI is InChI=1S/C18H39ClN.BrH/c1-4-6-8-10-12-16-20(3,18-14-15-19)17-13-11-9-7-5-2;/h4-18H2,1-3H3;1H/q+1;/p-1. The number of quaternary nitrogens is 1. The first-order chi connectivity index (χ1) is 9.68. The highest BCUT2D eigenvalue weighted by Crippen LogP contribution is 2.14. The molecule has 0 aromatic rings. The topological polar surface area (TPSA) is 0 Å². The lowest BCUT2D eigenvalue weighted by molar-refractivity contribution is -0.910. The van der Waals surface area contributed by atoms with Crippen LogP contribution in [0.4, 0.5) is 0 Å². The lowest BCUT2D eigenvalue weighted by atomic mass is 10.1. The average Bonchev–Trinajstić information content (AvgIpc) is 2.45. The summed E-state index contributed by atoms with van der Waals surface area (Å²) in [4.78, 5) is 0. The lowest BCUT2D eigenvalue weighted by Crippen LogP contribution is -3.00. The molecule has 0 amide bonds. The van der Waals surface area contributed by atoms with Crippen molar-refractivity contribution in [2.45, 2.75) is 84.5 Å². The fourth-order valence-electron chi connectivity index (χ4n) is 2.97. The van der Waals surface area contributed by atoms with Gasteiger partial charge in [0, 0.05) is 12.3 Å². The van der Waals surface area contributed by atoms with Gasteiger partial charge >= 0.3 is 0 Å². The summed E-state index contributed by atoms with van der Waals surface area (Å²) < 4.78 is 1.25. The van der Waals surface area contributed by atoms with Gasteiger partial charge in [-0.15, -0.1) is 11.6 Å². The molecule has 0 spiro atoms. The highest BCUT2D eigenvalue weighted by Gasteiger charge is 2.19. The summed E-state index contributed by atoms with van der Waals surface area (Å²) in [7, 11) is 2.45. The molecule has 0 aliphatic carbocycles. The smallest absolute Gasteiger partial charge is 0.0796 e. The Kier molecular flexibility index (Phi) is 19.5. The van der Waals surface area contributed by atoms with Crippen LogP contribution in [0, 0.1) is 0 Å². The second-order valence-corrected chi connectivity index (χ2v) is 7.04. The number of halogens is 2. The molecule has 0 heterocycles. The van der Waals surface area contributed by atoms with E-state index in [0.29, 0.717) is 0 Å². The summed E-state index contributed by atoms with van der Waals surface area (Å²) in [6.45, 7) is 8.56. The van der Waals surface area contributed by atoms with E-state index in [-0.39, 0.29) is 17.0 Å². The van der Waals surface area contributed by atoms with Crippen molar-refractivity contribution in [2.24, 2.45) is 0 Å². The van der Waals surface area contributed by atoms with E-state index < -0.39 is 0 Å². The minimum atomic E-state index is 0. The van der Waals surface area contributed by atoms with Gasteiger partial charge in [-0.05, 0) is 25.7 Å². The number of alkyl halides is 1. The van der Waals surface area contributed by atoms with Gasteiger partial charge in [-0.25, -0.2) is 0 Å². The maximum absolute atomic E-state index is 5.90. The Bertz CT molecular complexity index is 186. The number of nitrogens with zero attached hydrogens (tertiary/aromatic N) is 1. The summed E-state index contributed by atoms with van der Waals surface area (Å²) in [5, 5.41) is 0. The van der Waals surface area contributed by atoms with E-state index in [1.54, 1.807) is 0 Å². The van der Waals surface area contributed by atoms with Crippen LogP contribution in [-0.4, -0.2) is 37.0 Å². The molecule has 0 atom stereocenters. The molecule has 0 aliphatic heterocycles. The molecule has 0 radical (unpaired) electrons. The molecule has 0 bridgehead atoms. The third-order valence-corrected chi connectivity index (χ3v) is 4.70. The van der Waals surface area contributed by atoms with E-state index in [9.17, 15) is 0 Å². The minimum absolute atomic E-state index is 0. The van der Waals surface area contributed by atoms with Crippen LogP contribution in [0.5, 0.6) is 0 Å². The Morgan fingerprint density at radius 3 is 1.38 bits per heavy atom. The highest BCUT2D eigenvalue weighted by molar-refractivity contribution is 6.17. The Balaban J connectivity index is 0. The largest absolute Gasteiger partial charge is 1.00 e. The molecule has 0 saturated heterocycles. The van der Waals surface area contributed by atoms with Crippen LogP contribution in [0.1, 0.15) is 84.5 Å². The first kappa shape index (κ1) is 24.0. The summed E-state index contributed by atoms with van der Waals surface area (Å²) in [5.41, 5.74) is 0. The maximum atomic E-state index is 5.90. The predicted molar refractivity (Wildman–Crippen MR) is 93.6 cm³/mol. The van der Waals surface area contributed by atoms with E-state index >= 15 is 0 Å². The third kappa shape index (κ3) is 15.4. The number of unbranched alkanes of at least 4 members (excludes halogenated alkanes) is 8. The molecule has 130 valence electrons. The highest BCUT2D eigenvalue weighted by atomic mass is 79.9. The van der Waals surface area contributed by atoms with Crippen LogP contribution in [0.25, 0.3) is 0 Å². The van der Waals surface area contributed by atoms with E-state index in [2.05, 4.69) is 20.9 Å². The molecular formula is C18H39BrClN. The predicted octanol–water partition coefficient (Wildman–Crippen LogP) is 3.01. The monoisotopic (exact) mass is 383 g/mol. The van der Waals surface area contributed by atoms with E-state index in [1.165, 1.54) is 94.7 Å². The molecule has 0 aromatic heterocycles. The van der Waals surface area contributed by atoms with Crippen LogP contribution in [0.15, 0.2) is 0 Å². The van der Waals surface area contributed by atoms with Gasteiger partial charge < -0.3 is 21.5 Å². The molecule has 0 aromatic carbocycles. The van der Waals surface area contributed by atoms with Gasteiger partial charge in [0.05, 0.1) is 26.7 Å². The van der Waals surface area contributed by atoms with Crippen molar-refractivity contribution in [2.75, 3.05) is 32.6 Å². The number of rotatable bonds is 15. The number of hydrogen-bond donors (Lipinski definition) is 0. The molecule has 0 unspecified atom stereocenters. The second kappa shape index (κ2) is 17.1. The lowest BCUT2D eigenvalue weighted by Gasteiger charge is -2.35. The Hall–Kier alpha value is 0.730. The minimum Gasteiger partial charge on any atom is -1.00 e. The van der Waals surface area contributed by atoms with Crippen LogP contribution in [0.2, 0.25) is 0 Å². The van der Waals surface area contributed by atoms with Crippen LogP contribution >= 0.6 is 11.6 Å². The molecular weight excluding hydrogens is 346 g/mol. The first-order valence-corrected chi connectivity index (χ1v) is 9.61. The summed E-state index contributed by atoms with van der Waals surface area (Å²) in [6, 6.07) is 0. The molecule has 0 rings (SSSR count). The van der Waals surface area contributed by atoms with Crippen molar-refractivity contribution in [1.82, 2.24) is 0 Å². The Labute approximate surface area is 150 Å². The van der Waals surface area contributed by atoms with Gasteiger partial charge in [-0.1, -0.05) is 52.4 Å². The Morgan fingerprint density at radius 1 is 0.619 bits per heavy atom. The van der Waals surface area contributed by atoms with Crippen molar-refractivity contribution in [3.8, 4) is 0 Å². The zero-order chi connectivity index (χ0) is 15.1. The SMILES string of the molecule is CCCCCCC[N+](C)(CCCCl)CCCCCCC.[Br-]. The fraction of sp³-hybridized carbons (Fsp3) is 1.00. The van der Waals surface area contributed by atoms with Crippen molar-refractivity contribution in [3.05, 3.63) is 0 Å². The third-order valence-electron chi connectivity index (χ3n) is 4.43. The van der Waals surface area contributed by atoms with Gasteiger partial charge in [0.1, 0.15) is 0 Å².